The van der Waals surface area contributed by atoms with Gasteiger partial charge in [-0.1, -0.05) is 54.6 Å². The summed E-state index contributed by atoms with van der Waals surface area (Å²) in [5.74, 6) is -0.529. The average molecular weight is 579 g/mol. The topological polar surface area (TPSA) is 119 Å². The number of carbonyl (C=O) groups excluding carboxylic acids is 1. The number of carbonyl (C=O) groups is 1. The maximum absolute atomic E-state index is 15.9. The third-order valence-electron chi connectivity index (χ3n) is 7.51. The number of hydrogen-bond donors (Lipinski definition) is 3. The van der Waals surface area contributed by atoms with Gasteiger partial charge in [0.25, 0.3) is 5.56 Å². The van der Waals surface area contributed by atoms with Gasteiger partial charge in [-0.25, -0.2) is 0 Å². The van der Waals surface area contributed by atoms with Crippen LogP contribution in [0.1, 0.15) is 46.9 Å². The lowest BCUT2D eigenvalue weighted by Crippen LogP contribution is -2.63. The number of halogens is 3. The van der Waals surface area contributed by atoms with E-state index in [1.807, 2.05) is 0 Å². The number of benzene rings is 2. The Morgan fingerprint density at radius 2 is 1.79 bits per heavy atom. The van der Waals surface area contributed by atoms with Crippen molar-refractivity contribution in [3.63, 3.8) is 0 Å². The Labute approximate surface area is 239 Å². The highest BCUT2D eigenvalue weighted by molar-refractivity contribution is 5.93. The SMILES string of the molecule is CC(O)C(n1cc(C(N)=O)cc(-c2ccccn2)c1=O)C(NC1CCOc2ccccc21)(c1ccccc1)C(F)(F)F. The van der Waals surface area contributed by atoms with Crippen LogP contribution in [0.2, 0.25) is 0 Å². The molecule has 8 nitrogen and oxygen atoms in total. The third-order valence-corrected chi connectivity index (χ3v) is 7.51. The van der Waals surface area contributed by atoms with Gasteiger partial charge in [0, 0.05) is 30.4 Å². The molecule has 0 fully saturated rings. The molecule has 218 valence electrons. The summed E-state index contributed by atoms with van der Waals surface area (Å²) in [6.07, 6.45) is -4.26. The Hall–Kier alpha value is -4.48. The van der Waals surface area contributed by atoms with Crippen molar-refractivity contribution in [2.75, 3.05) is 6.61 Å². The molecule has 1 aliphatic rings. The Morgan fingerprint density at radius 1 is 1.10 bits per heavy atom. The van der Waals surface area contributed by atoms with Crippen LogP contribution in [0.4, 0.5) is 13.2 Å². The second kappa shape index (κ2) is 11.4. The Kier molecular flexibility index (Phi) is 7.89. The maximum atomic E-state index is 15.9. The zero-order valence-electron chi connectivity index (χ0n) is 22.6. The Balaban J connectivity index is 1.83. The van der Waals surface area contributed by atoms with Gasteiger partial charge < -0.3 is 20.1 Å². The van der Waals surface area contributed by atoms with E-state index in [1.165, 1.54) is 49.5 Å². The summed E-state index contributed by atoms with van der Waals surface area (Å²) in [7, 11) is 0. The van der Waals surface area contributed by atoms with Gasteiger partial charge in [-0.3, -0.25) is 19.9 Å². The molecule has 0 bridgehead atoms. The van der Waals surface area contributed by atoms with Crippen molar-refractivity contribution in [2.24, 2.45) is 5.73 Å². The molecule has 3 heterocycles. The van der Waals surface area contributed by atoms with Crippen LogP contribution in [0.3, 0.4) is 0 Å². The fourth-order valence-corrected chi connectivity index (χ4v) is 5.67. The molecule has 4 aromatic rings. The molecular weight excluding hydrogens is 549 g/mol. The van der Waals surface area contributed by atoms with Gasteiger partial charge in [-0.15, -0.1) is 0 Å². The van der Waals surface area contributed by atoms with E-state index in [1.54, 1.807) is 42.5 Å². The van der Waals surface area contributed by atoms with E-state index < -0.39 is 41.4 Å². The summed E-state index contributed by atoms with van der Waals surface area (Å²) in [6.45, 7) is 1.33. The van der Waals surface area contributed by atoms with E-state index in [0.717, 1.165) is 10.8 Å². The molecule has 0 aliphatic carbocycles. The molecule has 42 heavy (non-hydrogen) atoms. The molecule has 2 aromatic heterocycles. The van der Waals surface area contributed by atoms with Gasteiger partial charge in [-0.05, 0) is 36.8 Å². The molecule has 0 saturated carbocycles. The number of pyridine rings is 2. The highest BCUT2D eigenvalue weighted by Crippen LogP contribution is 2.50. The number of rotatable bonds is 8. The van der Waals surface area contributed by atoms with Crippen LogP contribution in [-0.4, -0.2) is 39.5 Å². The van der Waals surface area contributed by atoms with Crippen molar-refractivity contribution in [3.8, 4) is 17.0 Å². The smallest absolute Gasteiger partial charge is 0.412 e. The normalized spacial score (nSPS) is 17.8. The number of nitrogens with two attached hydrogens (primary N) is 1. The number of nitrogens with one attached hydrogen (secondary N) is 1. The van der Waals surface area contributed by atoms with Gasteiger partial charge in [0.2, 0.25) is 5.91 Å². The van der Waals surface area contributed by atoms with E-state index in [-0.39, 0.29) is 35.4 Å². The Bertz CT molecular complexity index is 1630. The number of aromatic nitrogens is 2. The van der Waals surface area contributed by atoms with Crippen molar-refractivity contribution >= 4 is 5.91 Å². The van der Waals surface area contributed by atoms with E-state index in [9.17, 15) is 14.7 Å². The minimum atomic E-state index is -5.07. The van der Waals surface area contributed by atoms with Gasteiger partial charge >= 0.3 is 6.18 Å². The molecule has 5 rings (SSSR count). The zero-order chi connectivity index (χ0) is 30.1. The molecule has 0 saturated heterocycles. The summed E-state index contributed by atoms with van der Waals surface area (Å²) in [5, 5.41) is 14.1. The van der Waals surface area contributed by atoms with Crippen LogP contribution in [0.15, 0.2) is 96.1 Å². The average Bonchev–Trinajstić information content (AvgIpc) is 2.97. The van der Waals surface area contributed by atoms with Crippen LogP contribution in [-0.2, 0) is 5.54 Å². The summed E-state index contributed by atoms with van der Waals surface area (Å²) in [4.78, 5) is 30.6. The first kappa shape index (κ1) is 29.0. The molecule has 4 unspecified atom stereocenters. The summed E-state index contributed by atoms with van der Waals surface area (Å²) in [5.41, 5.74) is 1.70. The monoisotopic (exact) mass is 578 g/mol. The number of fused-ring (bicyclic) bond motifs is 1. The molecule has 0 radical (unpaired) electrons. The first-order valence-corrected chi connectivity index (χ1v) is 13.3. The zero-order valence-corrected chi connectivity index (χ0v) is 22.6. The molecule has 1 aliphatic heterocycles. The van der Waals surface area contributed by atoms with Crippen molar-refractivity contribution < 1.29 is 27.8 Å². The van der Waals surface area contributed by atoms with Crippen LogP contribution in [0, 0.1) is 0 Å². The highest BCUT2D eigenvalue weighted by Gasteiger charge is 2.63. The quantitative estimate of drug-likeness (QED) is 0.283. The Morgan fingerprint density at radius 3 is 2.43 bits per heavy atom. The number of nitrogens with zero attached hydrogens (tertiary/aromatic N) is 2. The van der Waals surface area contributed by atoms with Crippen LogP contribution in [0.5, 0.6) is 5.75 Å². The predicted octanol–water partition coefficient (Wildman–Crippen LogP) is 4.50. The van der Waals surface area contributed by atoms with Crippen molar-refractivity contribution in [1.29, 1.82) is 0 Å². The second-order valence-corrected chi connectivity index (χ2v) is 10.2. The minimum absolute atomic E-state index is 0.132. The molecular formula is C31H29F3N4O4. The molecule has 2 aromatic carbocycles. The summed E-state index contributed by atoms with van der Waals surface area (Å²) in [6, 6.07) is 16.9. The van der Waals surface area contributed by atoms with E-state index in [4.69, 9.17) is 10.5 Å². The largest absolute Gasteiger partial charge is 0.493 e. The number of aliphatic hydroxyl groups is 1. The van der Waals surface area contributed by atoms with Gasteiger partial charge in [-0.2, -0.15) is 13.2 Å². The lowest BCUT2D eigenvalue weighted by Gasteiger charge is -2.47. The van der Waals surface area contributed by atoms with Crippen LogP contribution < -0.4 is 21.3 Å². The number of primary amides is 1. The van der Waals surface area contributed by atoms with E-state index >= 15 is 13.2 Å². The number of aliphatic hydroxyl groups excluding tert-OH is 1. The van der Waals surface area contributed by atoms with Crippen LogP contribution in [0.25, 0.3) is 11.3 Å². The van der Waals surface area contributed by atoms with E-state index in [2.05, 4.69) is 10.3 Å². The van der Waals surface area contributed by atoms with Crippen molar-refractivity contribution in [2.45, 2.75) is 43.2 Å². The van der Waals surface area contributed by atoms with Crippen molar-refractivity contribution in [1.82, 2.24) is 14.9 Å². The second-order valence-electron chi connectivity index (χ2n) is 10.2. The summed E-state index contributed by atoms with van der Waals surface area (Å²) >= 11 is 0. The van der Waals surface area contributed by atoms with Gasteiger partial charge in [0.1, 0.15) is 5.75 Å². The van der Waals surface area contributed by atoms with Crippen LogP contribution >= 0.6 is 0 Å². The van der Waals surface area contributed by atoms with E-state index in [0.29, 0.717) is 11.3 Å². The first-order chi connectivity index (χ1) is 20.0. The standard InChI is InChI=1S/C31H29F3N4O4/c1-19(39)27(38-18-20(28(35)40)17-23(29(38)41)24-12-7-8-15-36-24)30(31(32,33)34,21-9-3-2-4-10-21)37-25-14-16-42-26-13-6-5-11-22(25)26/h2-13,15,17-19,25,27,37,39H,14,16H2,1H3,(H2,35,40). The lowest BCUT2D eigenvalue weighted by molar-refractivity contribution is -0.227. The fraction of sp³-hybridized carbons (Fsp3) is 0.258. The lowest BCUT2D eigenvalue weighted by atomic mass is 9.77. The molecule has 11 heteroatoms. The van der Waals surface area contributed by atoms with Crippen molar-refractivity contribution in [3.05, 3.63) is 118 Å². The number of ether oxygens (including phenoxy) is 1. The van der Waals surface area contributed by atoms with Gasteiger partial charge in [0.05, 0.1) is 35.6 Å². The minimum Gasteiger partial charge on any atom is -0.493 e. The van der Waals surface area contributed by atoms with Gasteiger partial charge in [0.15, 0.2) is 5.54 Å². The fourth-order valence-electron chi connectivity index (χ4n) is 5.67. The molecule has 1 amide bonds. The molecule has 4 atom stereocenters. The third kappa shape index (κ3) is 5.17. The first-order valence-electron chi connectivity index (χ1n) is 13.3. The highest BCUT2D eigenvalue weighted by atomic mass is 19.4. The molecule has 4 N–H and O–H groups in total. The summed E-state index contributed by atoms with van der Waals surface area (Å²) < 4.78 is 54.1. The number of alkyl halides is 3. The number of hydrogen-bond acceptors (Lipinski definition) is 6. The maximum Gasteiger partial charge on any atom is 0.412 e. The number of amides is 1. The molecule has 0 spiro atoms. The number of para-hydroxylation sites is 1. The predicted molar refractivity (Wildman–Crippen MR) is 150 cm³/mol.